The van der Waals surface area contributed by atoms with Gasteiger partial charge in [0.25, 0.3) is 0 Å². The van der Waals surface area contributed by atoms with Crippen molar-refractivity contribution in [2.45, 2.75) is 19.9 Å². The summed E-state index contributed by atoms with van der Waals surface area (Å²) >= 11 is 3.36. The number of hydrogen-bond acceptors (Lipinski definition) is 5. The maximum Gasteiger partial charge on any atom is 0.117 e. The van der Waals surface area contributed by atoms with Gasteiger partial charge in [-0.2, -0.15) is 0 Å². The predicted octanol–water partition coefficient (Wildman–Crippen LogP) is 2.61. The first-order valence-electron chi connectivity index (χ1n) is 4.86. The number of hydrogen-bond donors (Lipinski definition) is 1. The van der Waals surface area contributed by atoms with E-state index in [0.29, 0.717) is 0 Å². The van der Waals surface area contributed by atoms with Crippen molar-refractivity contribution in [1.29, 1.82) is 0 Å². The summed E-state index contributed by atoms with van der Waals surface area (Å²) in [6.45, 7) is 5.04. The van der Waals surface area contributed by atoms with Crippen LogP contribution < -0.4 is 5.32 Å². The summed E-state index contributed by atoms with van der Waals surface area (Å²) in [5.41, 5.74) is 1.08. The quantitative estimate of drug-likeness (QED) is 0.891. The molecule has 1 atom stereocenters. The van der Waals surface area contributed by atoms with E-state index in [9.17, 15) is 0 Å². The molecule has 0 aromatic carbocycles. The second-order valence-electron chi connectivity index (χ2n) is 3.19. The number of nitrogens with one attached hydrogen (secondary N) is 1. The fourth-order valence-electron chi connectivity index (χ4n) is 1.37. The van der Waals surface area contributed by atoms with Crippen LogP contribution in [0.1, 0.15) is 28.7 Å². The van der Waals surface area contributed by atoms with Crippen molar-refractivity contribution in [2.24, 2.45) is 0 Å². The molecular formula is C10H13N3S2. The highest BCUT2D eigenvalue weighted by Gasteiger charge is 2.18. The van der Waals surface area contributed by atoms with Crippen LogP contribution in [0.4, 0.5) is 0 Å². The second kappa shape index (κ2) is 4.83. The number of aryl methyl sites for hydroxylation is 1. The highest BCUT2D eigenvalue weighted by Crippen LogP contribution is 2.26. The third-order valence-corrected chi connectivity index (χ3v) is 3.86. The molecule has 0 amide bonds. The Balaban J connectivity index is 2.27. The van der Waals surface area contributed by atoms with E-state index in [1.807, 2.05) is 18.5 Å². The summed E-state index contributed by atoms with van der Waals surface area (Å²) in [6, 6.07) is 0.161. The van der Waals surface area contributed by atoms with Crippen molar-refractivity contribution in [3.05, 3.63) is 32.7 Å². The van der Waals surface area contributed by atoms with Crippen LogP contribution in [0.25, 0.3) is 0 Å². The van der Waals surface area contributed by atoms with Crippen LogP contribution in [-0.2, 0) is 0 Å². The Morgan fingerprint density at radius 1 is 1.40 bits per heavy atom. The van der Waals surface area contributed by atoms with Crippen LogP contribution in [0.2, 0.25) is 0 Å². The standard InChI is InChI=1S/C10H13N3S2/c1-3-11-8(9-12-4-5-14-9)10-13-7(2)6-15-10/h4-6,8,11H,3H2,1-2H3. The lowest BCUT2D eigenvalue weighted by atomic mass is 10.3. The van der Waals surface area contributed by atoms with Crippen molar-refractivity contribution in [3.8, 4) is 0 Å². The Hall–Kier alpha value is -0.780. The smallest absolute Gasteiger partial charge is 0.117 e. The van der Waals surface area contributed by atoms with Crippen LogP contribution >= 0.6 is 22.7 Å². The Morgan fingerprint density at radius 2 is 2.27 bits per heavy atom. The maximum absolute atomic E-state index is 4.51. The van der Waals surface area contributed by atoms with Crippen LogP contribution in [0.3, 0.4) is 0 Å². The molecule has 3 nitrogen and oxygen atoms in total. The number of thiazole rings is 2. The first-order valence-corrected chi connectivity index (χ1v) is 6.62. The lowest BCUT2D eigenvalue weighted by Gasteiger charge is -2.11. The monoisotopic (exact) mass is 239 g/mol. The molecule has 80 valence electrons. The first-order chi connectivity index (χ1) is 7.31. The van der Waals surface area contributed by atoms with Gasteiger partial charge < -0.3 is 5.32 Å². The van der Waals surface area contributed by atoms with E-state index in [-0.39, 0.29) is 6.04 Å². The Kier molecular flexibility index (Phi) is 3.45. The van der Waals surface area contributed by atoms with Gasteiger partial charge in [0.15, 0.2) is 0 Å². The lowest BCUT2D eigenvalue weighted by Crippen LogP contribution is -2.21. The number of rotatable bonds is 4. The lowest BCUT2D eigenvalue weighted by molar-refractivity contribution is 0.622. The molecule has 5 heteroatoms. The third-order valence-electron chi connectivity index (χ3n) is 1.99. The van der Waals surface area contributed by atoms with Gasteiger partial charge in [0.05, 0.1) is 0 Å². The molecule has 2 aromatic rings. The molecule has 0 aliphatic carbocycles. The van der Waals surface area contributed by atoms with Gasteiger partial charge in [-0.25, -0.2) is 9.97 Å². The summed E-state index contributed by atoms with van der Waals surface area (Å²) in [5.74, 6) is 0. The first kappa shape index (κ1) is 10.7. The van der Waals surface area contributed by atoms with E-state index in [0.717, 1.165) is 22.3 Å². The molecule has 0 saturated carbocycles. The molecule has 2 heterocycles. The van der Waals surface area contributed by atoms with Gasteiger partial charge in [0.2, 0.25) is 0 Å². The molecule has 0 saturated heterocycles. The van der Waals surface area contributed by atoms with E-state index < -0.39 is 0 Å². The van der Waals surface area contributed by atoms with Crippen molar-refractivity contribution in [2.75, 3.05) is 6.54 Å². The highest BCUT2D eigenvalue weighted by molar-refractivity contribution is 7.11. The summed E-state index contributed by atoms with van der Waals surface area (Å²) in [5, 5.41) is 9.68. The minimum atomic E-state index is 0.161. The van der Waals surface area contributed by atoms with Gasteiger partial charge in [-0.3, -0.25) is 0 Å². The van der Waals surface area contributed by atoms with Crippen molar-refractivity contribution in [1.82, 2.24) is 15.3 Å². The minimum Gasteiger partial charge on any atom is -0.303 e. The highest BCUT2D eigenvalue weighted by atomic mass is 32.1. The fourth-order valence-corrected chi connectivity index (χ4v) is 3.03. The van der Waals surface area contributed by atoms with Gasteiger partial charge in [0, 0.05) is 22.7 Å². The van der Waals surface area contributed by atoms with E-state index >= 15 is 0 Å². The van der Waals surface area contributed by atoms with Crippen molar-refractivity contribution in [3.63, 3.8) is 0 Å². The largest absolute Gasteiger partial charge is 0.303 e. The van der Waals surface area contributed by atoms with Gasteiger partial charge >= 0.3 is 0 Å². The normalized spacial score (nSPS) is 12.9. The topological polar surface area (TPSA) is 37.8 Å². The van der Waals surface area contributed by atoms with E-state index in [4.69, 9.17) is 0 Å². The number of aromatic nitrogens is 2. The zero-order chi connectivity index (χ0) is 10.7. The van der Waals surface area contributed by atoms with Crippen LogP contribution in [0.5, 0.6) is 0 Å². The van der Waals surface area contributed by atoms with E-state index in [1.165, 1.54) is 0 Å². The molecule has 0 bridgehead atoms. The summed E-state index contributed by atoms with van der Waals surface area (Å²) in [7, 11) is 0. The average Bonchev–Trinajstić information content (AvgIpc) is 2.85. The van der Waals surface area contributed by atoms with E-state index in [2.05, 4.69) is 27.6 Å². The molecule has 0 aliphatic rings. The summed E-state index contributed by atoms with van der Waals surface area (Å²) < 4.78 is 0. The van der Waals surface area contributed by atoms with Crippen LogP contribution in [-0.4, -0.2) is 16.5 Å². The van der Waals surface area contributed by atoms with Crippen LogP contribution in [0.15, 0.2) is 17.0 Å². The Bertz CT molecular complexity index is 408. The van der Waals surface area contributed by atoms with Crippen molar-refractivity contribution < 1.29 is 0 Å². The van der Waals surface area contributed by atoms with Gasteiger partial charge in [-0.15, -0.1) is 22.7 Å². The zero-order valence-electron chi connectivity index (χ0n) is 8.73. The second-order valence-corrected chi connectivity index (χ2v) is 5.00. The van der Waals surface area contributed by atoms with Gasteiger partial charge in [-0.05, 0) is 13.5 Å². The molecule has 0 spiro atoms. The van der Waals surface area contributed by atoms with Crippen LogP contribution in [0, 0.1) is 6.92 Å². The third kappa shape index (κ3) is 2.42. The van der Waals surface area contributed by atoms with Crippen molar-refractivity contribution >= 4 is 22.7 Å². The van der Waals surface area contributed by atoms with E-state index in [1.54, 1.807) is 22.7 Å². The SMILES string of the molecule is CCNC(c1nccs1)c1nc(C)cs1. The molecule has 0 fully saturated rings. The number of nitrogens with zero attached hydrogens (tertiary/aromatic N) is 2. The molecule has 15 heavy (non-hydrogen) atoms. The molecular weight excluding hydrogens is 226 g/mol. The summed E-state index contributed by atoms with van der Waals surface area (Å²) in [6.07, 6.45) is 1.84. The minimum absolute atomic E-state index is 0.161. The molecule has 1 unspecified atom stereocenters. The van der Waals surface area contributed by atoms with Gasteiger partial charge in [-0.1, -0.05) is 6.92 Å². The average molecular weight is 239 g/mol. The fraction of sp³-hybridized carbons (Fsp3) is 0.400. The molecule has 2 rings (SSSR count). The maximum atomic E-state index is 4.51. The molecule has 1 N–H and O–H groups in total. The molecule has 2 aromatic heterocycles. The molecule has 0 aliphatic heterocycles. The predicted molar refractivity (Wildman–Crippen MR) is 64.5 cm³/mol. The molecule has 0 radical (unpaired) electrons. The Labute approximate surface area is 97.2 Å². The summed E-state index contributed by atoms with van der Waals surface area (Å²) in [4.78, 5) is 8.85. The Morgan fingerprint density at radius 3 is 2.80 bits per heavy atom. The van der Waals surface area contributed by atoms with Gasteiger partial charge in [0.1, 0.15) is 16.1 Å². The zero-order valence-corrected chi connectivity index (χ0v) is 10.4.